The first kappa shape index (κ1) is 27.8. The predicted octanol–water partition coefficient (Wildman–Crippen LogP) is 4.76. The van der Waals surface area contributed by atoms with Gasteiger partial charge in [0.05, 0.1) is 11.2 Å². The summed E-state index contributed by atoms with van der Waals surface area (Å²) in [7, 11) is 0. The van der Waals surface area contributed by atoms with Crippen LogP contribution in [0.2, 0.25) is 0 Å². The number of carboxylic acids is 1. The number of hydrogen-bond donors (Lipinski definition) is 2. The Hall–Kier alpha value is -2.45. The highest BCUT2D eigenvalue weighted by Crippen LogP contribution is 2.40. The van der Waals surface area contributed by atoms with Crippen LogP contribution in [0.4, 0.5) is 10.1 Å². The molecule has 0 unspecified atom stereocenters. The lowest BCUT2D eigenvalue weighted by Gasteiger charge is -2.24. The van der Waals surface area contributed by atoms with Gasteiger partial charge >= 0.3 is 5.97 Å². The molecule has 7 nitrogen and oxygen atoms in total. The number of carboxylic acid groups (broad SMARTS) is 1. The Morgan fingerprint density at radius 2 is 1.91 bits per heavy atom. The lowest BCUT2D eigenvalue weighted by molar-refractivity contribution is 0.0694. The van der Waals surface area contributed by atoms with E-state index in [0.29, 0.717) is 29.9 Å². The van der Waals surface area contributed by atoms with E-state index >= 15 is 0 Å². The van der Waals surface area contributed by atoms with Crippen molar-refractivity contribution in [1.29, 1.82) is 0 Å². The number of benzene rings is 1. The number of hydrogen-bond acceptors (Lipinski definition) is 5. The van der Waals surface area contributed by atoms with E-state index in [1.54, 1.807) is 6.92 Å². The Morgan fingerprint density at radius 1 is 1.24 bits per heavy atom. The van der Waals surface area contributed by atoms with Crippen LogP contribution in [-0.4, -0.2) is 53.7 Å². The fraction of sp³-hybridized carbons (Fsp3) is 0.615. The van der Waals surface area contributed by atoms with Crippen LogP contribution in [0.15, 0.2) is 17.1 Å². The van der Waals surface area contributed by atoms with Crippen molar-refractivity contribution in [2.45, 2.75) is 66.3 Å². The second-order valence-electron chi connectivity index (χ2n) is 8.52. The second kappa shape index (κ2) is 12.9. The molecule has 1 aliphatic heterocycles. The van der Waals surface area contributed by atoms with Crippen molar-refractivity contribution in [2.75, 3.05) is 37.8 Å². The monoisotopic (exact) mass is 478 g/mol. The van der Waals surface area contributed by atoms with Crippen LogP contribution in [0.25, 0.3) is 10.9 Å². The van der Waals surface area contributed by atoms with E-state index in [0.717, 1.165) is 38.9 Å². The van der Waals surface area contributed by atoms with Gasteiger partial charge in [0, 0.05) is 56.5 Å². The van der Waals surface area contributed by atoms with Crippen molar-refractivity contribution in [3.63, 3.8) is 0 Å². The largest absolute Gasteiger partial charge is 0.477 e. The number of anilines is 1. The van der Waals surface area contributed by atoms with Crippen molar-refractivity contribution in [2.24, 2.45) is 5.92 Å². The maximum Gasteiger partial charge on any atom is 0.341 e. The molecule has 0 amide bonds. The molecule has 1 aromatic carbocycles. The van der Waals surface area contributed by atoms with Gasteiger partial charge in [0.25, 0.3) is 0 Å². The van der Waals surface area contributed by atoms with Gasteiger partial charge in [0.2, 0.25) is 5.43 Å². The Bertz CT molecular complexity index is 1030. The van der Waals surface area contributed by atoms with Crippen LogP contribution < -0.4 is 10.3 Å². The van der Waals surface area contributed by atoms with Gasteiger partial charge in [-0.05, 0) is 51.2 Å². The molecular formula is C26H39FN2O5. The summed E-state index contributed by atoms with van der Waals surface area (Å²) in [5.41, 5.74) is 0.751. The van der Waals surface area contributed by atoms with Crippen LogP contribution >= 0.6 is 0 Å². The fourth-order valence-corrected chi connectivity index (χ4v) is 4.32. The van der Waals surface area contributed by atoms with Gasteiger partial charge in [-0.3, -0.25) is 4.79 Å². The van der Waals surface area contributed by atoms with Crippen LogP contribution in [-0.2, 0) is 4.74 Å². The van der Waals surface area contributed by atoms with Crippen LogP contribution in [0.3, 0.4) is 0 Å². The first-order valence-corrected chi connectivity index (χ1v) is 12.4. The molecule has 2 heterocycles. The molecule has 1 atom stereocenters. The number of halogens is 1. The molecule has 190 valence electrons. The molecular weight excluding hydrogens is 439 g/mol. The van der Waals surface area contributed by atoms with Gasteiger partial charge in [0.1, 0.15) is 11.4 Å². The number of ether oxygens (including phenoxy) is 1. The number of aromatic nitrogens is 1. The average molecular weight is 479 g/mol. The number of fused-ring (bicyclic) bond motifs is 1. The molecule has 34 heavy (non-hydrogen) atoms. The maximum atomic E-state index is 14.9. The summed E-state index contributed by atoms with van der Waals surface area (Å²) in [5.74, 6) is -1.70. The minimum Gasteiger partial charge on any atom is -0.477 e. The van der Waals surface area contributed by atoms with Crippen LogP contribution in [0, 0.1) is 18.7 Å². The number of carbonyl (C=O) groups is 1. The third-order valence-corrected chi connectivity index (χ3v) is 6.06. The third-order valence-electron chi connectivity index (χ3n) is 6.06. The number of rotatable bonds is 7. The van der Waals surface area contributed by atoms with Crippen molar-refractivity contribution in [3.8, 4) is 0 Å². The molecule has 1 saturated carbocycles. The number of aliphatic hydroxyl groups is 1. The summed E-state index contributed by atoms with van der Waals surface area (Å²) in [6.45, 7) is 13.0. The highest BCUT2D eigenvalue weighted by Gasteiger charge is 2.31. The van der Waals surface area contributed by atoms with Crippen LogP contribution in [0.5, 0.6) is 0 Å². The lowest BCUT2D eigenvalue weighted by atomic mass is 10.0. The summed E-state index contributed by atoms with van der Waals surface area (Å²) in [5, 5.41) is 18.8. The molecule has 1 saturated heterocycles. The molecule has 2 aliphatic rings. The first-order chi connectivity index (χ1) is 16.3. The zero-order valence-corrected chi connectivity index (χ0v) is 21.1. The summed E-state index contributed by atoms with van der Waals surface area (Å²) in [6.07, 6.45) is 5.16. The normalized spacial score (nSPS) is 17.1. The van der Waals surface area contributed by atoms with E-state index in [1.165, 1.54) is 12.3 Å². The van der Waals surface area contributed by atoms with Crippen molar-refractivity contribution < 1.29 is 24.1 Å². The smallest absolute Gasteiger partial charge is 0.341 e. The van der Waals surface area contributed by atoms with Gasteiger partial charge in [0.15, 0.2) is 0 Å². The van der Waals surface area contributed by atoms with Crippen molar-refractivity contribution >= 4 is 22.6 Å². The third kappa shape index (κ3) is 6.16. The number of aromatic carboxylic acids is 1. The van der Waals surface area contributed by atoms with Gasteiger partial charge in [-0.2, -0.15) is 0 Å². The van der Waals surface area contributed by atoms with Gasteiger partial charge in [-0.25, -0.2) is 9.18 Å². The summed E-state index contributed by atoms with van der Waals surface area (Å²) >= 11 is 0. The van der Waals surface area contributed by atoms with Gasteiger partial charge in [-0.1, -0.05) is 20.8 Å². The van der Waals surface area contributed by atoms with E-state index in [4.69, 9.17) is 4.74 Å². The summed E-state index contributed by atoms with van der Waals surface area (Å²) < 4.78 is 21.7. The zero-order chi connectivity index (χ0) is 25.4. The molecule has 1 aromatic heterocycles. The zero-order valence-electron chi connectivity index (χ0n) is 21.1. The molecule has 2 N–H and O–H groups in total. The van der Waals surface area contributed by atoms with Crippen LogP contribution in [0.1, 0.15) is 75.3 Å². The number of aliphatic hydroxyl groups excluding tert-OH is 1. The maximum absolute atomic E-state index is 14.9. The SMILES string of the molecule is CC.CCCOCC.Cc1c(N2CC[C@@H](CO)C2)c(F)cc2c(=O)c(C(=O)O)cn(C3CC3)c12. The van der Waals surface area contributed by atoms with Crippen molar-refractivity contribution in [1.82, 2.24) is 4.57 Å². The standard InChI is InChI=1S/C19H21FN2O4.C5H12O.C2H6/c1-10-16-13(6-15(20)17(10)21-5-4-11(7-21)9-23)18(24)14(19(25)26)8-22(16)12-2-3-12;1-3-5-6-4-2;1-2/h6,8,11-12,23H,2-5,7,9H2,1H3,(H,25,26);3-5H2,1-2H3;1-2H3/t11-;;/m1../s1. The summed E-state index contributed by atoms with van der Waals surface area (Å²) in [6, 6.07) is 1.33. The van der Waals surface area contributed by atoms with Crippen molar-refractivity contribution in [3.05, 3.63) is 39.4 Å². The topological polar surface area (TPSA) is 92.0 Å². The van der Waals surface area contributed by atoms with Gasteiger partial charge < -0.3 is 24.4 Å². The lowest BCUT2D eigenvalue weighted by Crippen LogP contribution is -2.25. The molecule has 2 aromatic rings. The molecule has 0 spiro atoms. The van der Waals surface area contributed by atoms with Gasteiger partial charge in [-0.15, -0.1) is 0 Å². The summed E-state index contributed by atoms with van der Waals surface area (Å²) in [4.78, 5) is 25.9. The molecule has 0 radical (unpaired) electrons. The second-order valence-corrected chi connectivity index (χ2v) is 8.52. The number of nitrogens with zero attached hydrogens (tertiary/aromatic N) is 2. The molecule has 1 aliphatic carbocycles. The van der Waals surface area contributed by atoms with E-state index in [9.17, 15) is 24.2 Å². The Balaban J connectivity index is 0.000000447. The molecule has 4 rings (SSSR count). The highest BCUT2D eigenvalue weighted by molar-refractivity contribution is 5.95. The van der Waals surface area contributed by atoms with E-state index in [-0.39, 0.29) is 29.5 Å². The average Bonchev–Trinajstić information content (AvgIpc) is 3.57. The minimum absolute atomic E-state index is 0.0690. The Morgan fingerprint density at radius 3 is 2.38 bits per heavy atom. The molecule has 0 bridgehead atoms. The highest BCUT2D eigenvalue weighted by atomic mass is 19.1. The predicted molar refractivity (Wildman–Crippen MR) is 134 cm³/mol. The Labute approximate surface area is 201 Å². The number of aryl methyl sites for hydroxylation is 1. The fourth-order valence-electron chi connectivity index (χ4n) is 4.32. The van der Waals surface area contributed by atoms with E-state index in [2.05, 4.69) is 6.92 Å². The molecule has 2 fully saturated rings. The Kier molecular flexibility index (Phi) is 10.5. The first-order valence-electron chi connectivity index (χ1n) is 12.4. The quantitative estimate of drug-likeness (QED) is 0.558. The number of pyridine rings is 1. The molecule has 8 heteroatoms. The minimum atomic E-state index is -1.29. The van der Waals surface area contributed by atoms with E-state index < -0.39 is 17.2 Å². The van der Waals surface area contributed by atoms with E-state index in [1.807, 2.05) is 30.2 Å².